The smallest absolute Gasteiger partial charge is 0.406 e. The van der Waals surface area contributed by atoms with Crippen LogP contribution in [0, 0.1) is 0 Å². The Labute approximate surface area is 211 Å². The molecule has 1 aromatic carbocycles. The van der Waals surface area contributed by atoms with Gasteiger partial charge in [0.1, 0.15) is 5.75 Å². The number of alkyl halides is 3. The fourth-order valence-electron chi connectivity index (χ4n) is 4.54. The van der Waals surface area contributed by atoms with E-state index in [2.05, 4.69) is 40.0 Å². The summed E-state index contributed by atoms with van der Waals surface area (Å²) in [7, 11) is 0. The standard InChI is InChI=1S/C24H27F3N8O2/c25-24(26,27)37-20-3-1-2-17(10-20)11-28-23-29-13-19(14-30-23)34-8-6-33(7-9-34)16-22(36)35-5-4-18-12-31-32-21(18)15-35/h1-3,10,13-14H,4-9,11-12,15-16H2,(H,28,29,30). The summed E-state index contributed by atoms with van der Waals surface area (Å²) in [5.74, 6) is 0.222. The van der Waals surface area contributed by atoms with Gasteiger partial charge < -0.3 is 19.9 Å². The van der Waals surface area contributed by atoms with Gasteiger partial charge in [0.15, 0.2) is 0 Å². The summed E-state index contributed by atoms with van der Waals surface area (Å²) in [5.41, 5.74) is 3.69. The van der Waals surface area contributed by atoms with Gasteiger partial charge in [-0.3, -0.25) is 9.69 Å². The van der Waals surface area contributed by atoms with Crippen LogP contribution in [-0.2, 0) is 11.3 Å². The zero-order chi connectivity index (χ0) is 25.8. The van der Waals surface area contributed by atoms with Crippen molar-refractivity contribution in [1.29, 1.82) is 0 Å². The fraction of sp³-hybridized carbons (Fsp3) is 0.458. The summed E-state index contributed by atoms with van der Waals surface area (Å²) < 4.78 is 41.2. The number of nitrogens with one attached hydrogen (secondary N) is 1. The molecule has 3 aliphatic heterocycles. The molecule has 0 aliphatic carbocycles. The minimum absolute atomic E-state index is 0.122. The molecule has 0 bridgehead atoms. The molecule has 5 rings (SSSR count). The van der Waals surface area contributed by atoms with Gasteiger partial charge in [0.2, 0.25) is 11.9 Å². The highest BCUT2D eigenvalue weighted by molar-refractivity contribution is 5.79. The third-order valence-electron chi connectivity index (χ3n) is 6.56. The van der Waals surface area contributed by atoms with Crippen LogP contribution in [0.4, 0.5) is 24.8 Å². The normalized spacial score (nSPS) is 18.2. The molecular formula is C24H27F3N8O2. The summed E-state index contributed by atoms with van der Waals surface area (Å²) in [4.78, 5) is 27.6. The Hall–Kier alpha value is -3.74. The van der Waals surface area contributed by atoms with E-state index in [1.807, 2.05) is 4.90 Å². The van der Waals surface area contributed by atoms with E-state index in [1.165, 1.54) is 23.8 Å². The second-order valence-electron chi connectivity index (χ2n) is 9.09. The van der Waals surface area contributed by atoms with Gasteiger partial charge in [-0.2, -0.15) is 10.2 Å². The number of carbonyl (C=O) groups is 1. The molecule has 3 aliphatic rings. The third kappa shape index (κ3) is 6.53. The average molecular weight is 517 g/mol. The van der Waals surface area contributed by atoms with Gasteiger partial charge in [-0.1, -0.05) is 12.1 Å². The van der Waals surface area contributed by atoms with Crippen LogP contribution >= 0.6 is 0 Å². The molecule has 2 aromatic rings. The first-order valence-corrected chi connectivity index (χ1v) is 12.1. The molecule has 1 saturated heterocycles. The van der Waals surface area contributed by atoms with Crippen molar-refractivity contribution in [2.24, 2.45) is 10.2 Å². The first-order chi connectivity index (χ1) is 17.8. The molecule has 4 heterocycles. The molecule has 1 amide bonds. The summed E-state index contributed by atoms with van der Waals surface area (Å²) in [6, 6.07) is 5.76. The average Bonchev–Trinajstić information content (AvgIpc) is 3.36. The maximum absolute atomic E-state index is 12.8. The SMILES string of the molecule is O=C(CN1CCN(c2cnc(NCc3cccc(OC(F)(F)F)c3)nc2)CC1)N1CCC2=C(C1)N=NC2. The Morgan fingerprint density at radius 3 is 2.62 bits per heavy atom. The lowest BCUT2D eigenvalue weighted by Gasteiger charge is -2.36. The first-order valence-electron chi connectivity index (χ1n) is 12.1. The Morgan fingerprint density at radius 1 is 1.08 bits per heavy atom. The number of nitrogens with zero attached hydrogens (tertiary/aromatic N) is 7. The number of carbonyl (C=O) groups excluding carboxylic acids is 1. The minimum Gasteiger partial charge on any atom is -0.406 e. The number of benzene rings is 1. The summed E-state index contributed by atoms with van der Waals surface area (Å²) in [5, 5.41) is 11.2. The fourth-order valence-corrected chi connectivity index (χ4v) is 4.54. The maximum atomic E-state index is 12.8. The number of amides is 1. The Morgan fingerprint density at radius 2 is 1.86 bits per heavy atom. The van der Waals surface area contributed by atoms with Crippen LogP contribution in [0.15, 0.2) is 58.2 Å². The van der Waals surface area contributed by atoms with E-state index in [-0.39, 0.29) is 18.2 Å². The molecule has 0 spiro atoms. The number of halogens is 3. The predicted molar refractivity (Wildman–Crippen MR) is 129 cm³/mol. The molecule has 196 valence electrons. The van der Waals surface area contributed by atoms with Crippen LogP contribution in [0.5, 0.6) is 5.75 Å². The zero-order valence-corrected chi connectivity index (χ0v) is 20.1. The minimum atomic E-state index is -4.73. The van der Waals surface area contributed by atoms with E-state index in [0.717, 1.165) is 50.5 Å². The largest absolute Gasteiger partial charge is 0.573 e. The van der Waals surface area contributed by atoms with E-state index in [9.17, 15) is 18.0 Å². The number of hydrogen-bond donors (Lipinski definition) is 1. The van der Waals surface area contributed by atoms with E-state index in [4.69, 9.17) is 0 Å². The van der Waals surface area contributed by atoms with Crippen molar-refractivity contribution in [3.8, 4) is 5.75 Å². The molecule has 37 heavy (non-hydrogen) atoms. The number of hydrogen-bond acceptors (Lipinski definition) is 9. The van der Waals surface area contributed by atoms with E-state index in [0.29, 0.717) is 31.1 Å². The lowest BCUT2D eigenvalue weighted by molar-refractivity contribution is -0.274. The van der Waals surface area contributed by atoms with Crippen molar-refractivity contribution in [2.75, 3.05) is 62.6 Å². The highest BCUT2D eigenvalue weighted by Gasteiger charge is 2.31. The van der Waals surface area contributed by atoms with E-state index < -0.39 is 6.36 Å². The van der Waals surface area contributed by atoms with Crippen molar-refractivity contribution in [3.05, 3.63) is 53.5 Å². The number of ether oxygens (including phenoxy) is 1. The van der Waals surface area contributed by atoms with Gasteiger partial charge in [0, 0.05) is 39.3 Å². The Kier molecular flexibility index (Phi) is 7.22. The molecular weight excluding hydrogens is 489 g/mol. The summed E-state index contributed by atoms with van der Waals surface area (Å²) in [6.07, 6.45) is -0.445. The van der Waals surface area contributed by atoms with Crippen LogP contribution in [0.1, 0.15) is 12.0 Å². The Balaban J connectivity index is 1.07. The monoisotopic (exact) mass is 516 g/mol. The maximum Gasteiger partial charge on any atom is 0.573 e. The van der Waals surface area contributed by atoms with Crippen LogP contribution in [0.2, 0.25) is 0 Å². The summed E-state index contributed by atoms with van der Waals surface area (Å²) in [6.45, 7) is 5.61. The second-order valence-corrected chi connectivity index (χ2v) is 9.09. The van der Waals surface area contributed by atoms with Crippen molar-refractivity contribution < 1.29 is 22.7 Å². The van der Waals surface area contributed by atoms with Crippen LogP contribution < -0.4 is 15.0 Å². The quantitative estimate of drug-likeness (QED) is 0.604. The van der Waals surface area contributed by atoms with Gasteiger partial charge in [-0.05, 0) is 29.7 Å². The lowest BCUT2D eigenvalue weighted by atomic mass is 10.1. The second kappa shape index (κ2) is 10.7. The Bertz CT molecular complexity index is 1180. The van der Waals surface area contributed by atoms with Crippen LogP contribution in [0.25, 0.3) is 0 Å². The number of aromatic nitrogens is 2. The van der Waals surface area contributed by atoms with Gasteiger partial charge in [0.05, 0.1) is 43.4 Å². The number of piperazine rings is 1. The van der Waals surface area contributed by atoms with E-state index >= 15 is 0 Å². The predicted octanol–water partition coefficient (Wildman–Crippen LogP) is 3.06. The topological polar surface area (TPSA) is 98.5 Å². The third-order valence-corrected chi connectivity index (χ3v) is 6.56. The van der Waals surface area contributed by atoms with E-state index in [1.54, 1.807) is 18.5 Å². The lowest BCUT2D eigenvalue weighted by Crippen LogP contribution is -2.50. The van der Waals surface area contributed by atoms with Crippen LogP contribution in [0.3, 0.4) is 0 Å². The first kappa shape index (κ1) is 24.9. The molecule has 0 radical (unpaired) electrons. The molecule has 13 heteroatoms. The van der Waals surface area contributed by atoms with Crippen molar-refractivity contribution in [2.45, 2.75) is 19.3 Å². The van der Waals surface area contributed by atoms with Gasteiger partial charge in [-0.15, -0.1) is 13.2 Å². The molecule has 0 saturated carbocycles. The summed E-state index contributed by atoms with van der Waals surface area (Å²) >= 11 is 0. The molecule has 0 unspecified atom stereocenters. The molecule has 1 fully saturated rings. The van der Waals surface area contributed by atoms with Crippen LogP contribution in [-0.4, -0.2) is 84.4 Å². The highest BCUT2D eigenvalue weighted by atomic mass is 19.4. The van der Waals surface area contributed by atoms with Gasteiger partial charge in [-0.25, -0.2) is 9.97 Å². The number of azo groups is 1. The van der Waals surface area contributed by atoms with Gasteiger partial charge in [0.25, 0.3) is 0 Å². The molecule has 10 nitrogen and oxygen atoms in total. The number of anilines is 2. The van der Waals surface area contributed by atoms with Gasteiger partial charge >= 0.3 is 6.36 Å². The molecule has 0 atom stereocenters. The van der Waals surface area contributed by atoms with Crippen molar-refractivity contribution in [1.82, 2.24) is 19.8 Å². The zero-order valence-electron chi connectivity index (χ0n) is 20.1. The highest BCUT2D eigenvalue weighted by Crippen LogP contribution is 2.25. The molecule has 1 N–H and O–H groups in total. The molecule has 1 aromatic heterocycles. The number of rotatable bonds is 7. The van der Waals surface area contributed by atoms with Crippen molar-refractivity contribution in [3.63, 3.8) is 0 Å². The van der Waals surface area contributed by atoms with Crippen molar-refractivity contribution >= 4 is 17.5 Å².